The summed E-state index contributed by atoms with van der Waals surface area (Å²) in [6, 6.07) is 11.7. The minimum absolute atomic E-state index is 0.455. The number of methoxy groups -OCH3 is 3. The number of pyridine rings is 1. The van der Waals surface area contributed by atoms with Crippen LogP contribution >= 0.6 is 0 Å². The molecule has 0 fully saturated rings. The Hall–Kier alpha value is -3.46. The lowest BCUT2D eigenvalue weighted by Gasteiger charge is -2.16. The van der Waals surface area contributed by atoms with E-state index in [0.29, 0.717) is 34.2 Å². The number of ether oxygens (including phenoxy) is 3. The van der Waals surface area contributed by atoms with Gasteiger partial charge in [-0.25, -0.2) is 0 Å². The maximum atomic E-state index is 9.51. The van der Waals surface area contributed by atoms with Gasteiger partial charge in [-0.3, -0.25) is 4.98 Å². The highest BCUT2D eigenvalue weighted by Crippen LogP contribution is 2.41. The summed E-state index contributed by atoms with van der Waals surface area (Å²) in [5, 5.41) is 13.7. The number of benzene rings is 2. The summed E-state index contributed by atoms with van der Waals surface area (Å²) in [6.07, 6.45) is 1.57. The molecule has 0 unspecified atom stereocenters. The molecule has 6 heteroatoms. The van der Waals surface area contributed by atoms with Gasteiger partial charge < -0.3 is 19.5 Å². The Balaban J connectivity index is 2.17. The van der Waals surface area contributed by atoms with E-state index < -0.39 is 0 Å². The van der Waals surface area contributed by atoms with Crippen molar-refractivity contribution in [3.8, 4) is 23.3 Å². The van der Waals surface area contributed by atoms with Gasteiger partial charge in [-0.1, -0.05) is 11.6 Å². The van der Waals surface area contributed by atoms with E-state index >= 15 is 0 Å². The molecule has 6 nitrogen and oxygen atoms in total. The van der Waals surface area contributed by atoms with Crippen LogP contribution in [0.3, 0.4) is 0 Å². The molecule has 1 N–H and O–H groups in total. The summed E-state index contributed by atoms with van der Waals surface area (Å²) in [5.41, 5.74) is 3.75. The van der Waals surface area contributed by atoms with Crippen LogP contribution in [0.1, 0.15) is 11.1 Å². The topological polar surface area (TPSA) is 76.4 Å². The fourth-order valence-electron chi connectivity index (χ4n) is 2.82. The van der Waals surface area contributed by atoms with Gasteiger partial charge in [-0.15, -0.1) is 0 Å². The van der Waals surface area contributed by atoms with Crippen molar-refractivity contribution in [2.75, 3.05) is 26.6 Å². The van der Waals surface area contributed by atoms with Gasteiger partial charge in [0, 0.05) is 29.4 Å². The third-order valence-corrected chi connectivity index (χ3v) is 4.08. The molecule has 3 rings (SSSR count). The Morgan fingerprint density at radius 3 is 2.27 bits per heavy atom. The molecule has 0 aliphatic rings. The van der Waals surface area contributed by atoms with Crippen molar-refractivity contribution >= 4 is 22.3 Å². The number of anilines is 2. The van der Waals surface area contributed by atoms with Crippen LogP contribution in [0.4, 0.5) is 11.4 Å². The summed E-state index contributed by atoms with van der Waals surface area (Å²) >= 11 is 0. The molecule has 1 aromatic heterocycles. The predicted molar refractivity (Wildman–Crippen MR) is 101 cm³/mol. The fraction of sp³-hybridized carbons (Fsp3) is 0.200. The van der Waals surface area contributed by atoms with Gasteiger partial charge >= 0.3 is 0 Å². The first-order chi connectivity index (χ1) is 12.6. The summed E-state index contributed by atoms with van der Waals surface area (Å²) in [6.45, 7) is 2.00. The third kappa shape index (κ3) is 3.07. The molecular weight excluding hydrogens is 330 g/mol. The van der Waals surface area contributed by atoms with Crippen LogP contribution in [-0.2, 0) is 0 Å². The van der Waals surface area contributed by atoms with Gasteiger partial charge in [0.1, 0.15) is 6.07 Å². The lowest BCUT2D eigenvalue weighted by molar-refractivity contribution is 0.324. The van der Waals surface area contributed by atoms with Crippen LogP contribution in [0.2, 0.25) is 0 Å². The predicted octanol–water partition coefficient (Wildman–Crippen LogP) is 4.18. The van der Waals surface area contributed by atoms with Gasteiger partial charge in [-0.2, -0.15) is 5.26 Å². The van der Waals surface area contributed by atoms with Crippen LogP contribution in [0.5, 0.6) is 17.2 Å². The van der Waals surface area contributed by atoms with Crippen molar-refractivity contribution in [3.63, 3.8) is 0 Å². The van der Waals surface area contributed by atoms with Crippen LogP contribution in [0.25, 0.3) is 10.9 Å². The van der Waals surface area contributed by atoms with E-state index in [1.54, 1.807) is 39.7 Å². The molecule has 3 aromatic rings. The Labute approximate surface area is 151 Å². The lowest BCUT2D eigenvalue weighted by atomic mass is 10.1. The Kier molecular flexibility index (Phi) is 4.81. The number of nitriles is 1. The number of hydrogen-bond donors (Lipinski definition) is 1. The Bertz CT molecular complexity index is 984. The zero-order valence-electron chi connectivity index (χ0n) is 15.1. The van der Waals surface area contributed by atoms with Crippen molar-refractivity contribution in [2.24, 2.45) is 0 Å². The van der Waals surface area contributed by atoms with Gasteiger partial charge in [0.25, 0.3) is 0 Å². The van der Waals surface area contributed by atoms with Gasteiger partial charge in [-0.05, 0) is 19.1 Å². The SMILES string of the molecule is COc1cc(Nc2c(C#N)cnc3ccc(C)cc23)cc(OC)c1OC. The molecule has 1 heterocycles. The number of fused-ring (bicyclic) bond motifs is 1. The van der Waals surface area contributed by atoms with Gasteiger partial charge in [0.2, 0.25) is 5.75 Å². The van der Waals surface area contributed by atoms with Crippen molar-refractivity contribution in [2.45, 2.75) is 6.92 Å². The quantitative estimate of drug-likeness (QED) is 0.744. The third-order valence-electron chi connectivity index (χ3n) is 4.08. The second kappa shape index (κ2) is 7.19. The molecule has 0 aliphatic carbocycles. The first kappa shape index (κ1) is 17.4. The molecule has 0 aliphatic heterocycles. The molecule has 2 aromatic carbocycles. The van der Waals surface area contributed by atoms with Crippen molar-refractivity contribution in [1.82, 2.24) is 4.98 Å². The number of aromatic nitrogens is 1. The number of rotatable bonds is 5. The Morgan fingerprint density at radius 1 is 1.00 bits per heavy atom. The molecule has 0 atom stereocenters. The minimum atomic E-state index is 0.455. The fourth-order valence-corrected chi connectivity index (χ4v) is 2.82. The molecule has 0 saturated heterocycles. The van der Waals surface area contributed by atoms with E-state index in [0.717, 1.165) is 16.5 Å². The number of hydrogen-bond acceptors (Lipinski definition) is 6. The number of nitrogens with one attached hydrogen (secondary N) is 1. The van der Waals surface area contributed by atoms with E-state index in [4.69, 9.17) is 14.2 Å². The van der Waals surface area contributed by atoms with E-state index in [2.05, 4.69) is 16.4 Å². The summed E-state index contributed by atoms with van der Waals surface area (Å²) in [5.74, 6) is 1.57. The Morgan fingerprint density at radius 2 is 1.69 bits per heavy atom. The number of aryl methyl sites for hydroxylation is 1. The average Bonchev–Trinajstić information content (AvgIpc) is 2.67. The second-order valence-electron chi connectivity index (χ2n) is 5.72. The molecule has 0 saturated carbocycles. The van der Waals surface area contributed by atoms with E-state index in [1.165, 1.54) is 0 Å². The summed E-state index contributed by atoms with van der Waals surface area (Å²) in [4.78, 5) is 4.36. The van der Waals surface area contributed by atoms with E-state index in [-0.39, 0.29) is 0 Å². The largest absolute Gasteiger partial charge is 0.493 e. The molecule has 0 spiro atoms. The maximum Gasteiger partial charge on any atom is 0.203 e. The zero-order valence-corrected chi connectivity index (χ0v) is 15.1. The molecule has 0 bridgehead atoms. The van der Waals surface area contributed by atoms with Crippen LogP contribution in [-0.4, -0.2) is 26.3 Å². The van der Waals surface area contributed by atoms with Gasteiger partial charge in [0.15, 0.2) is 11.5 Å². The van der Waals surface area contributed by atoms with Crippen molar-refractivity contribution in [3.05, 3.63) is 47.7 Å². The average molecular weight is 349 g/mol. The highest BCUT2D eigenvalue weighted by atomic mass is 16.5. The minimum Gasteiger partial charge on any atom is -0.493 e. The smallest absolute Gasteiger partial charge is 0.203 e. The maximum absolute atomic E-state index is 9.51. The van der Waals surface area contributed by atoms with Crippen LogP contribution < -0.4 is 19.5 Å². The van der Waals surface area contributed by atoms with Crippen LogP contribution in [0.15, 0.2) is 36.5 Å². The highest BCUT2D eigenvalue weighted by Gasteiger charge is 2.15. The molecule has 132 valence electrons. The monoisotopic (exact) mass is 349 g/mol. The lowest BCUT2D eigenvalue weighted by Crippen LogP contribution is -2.00. The molecule has 0 radical (unpaired) electrons. The zero-order chi connectivity index (χ0) is 18.7. The van der Waals surface area contributed by atoms with E-state index in [9.17, 15) is 5.26 Å². The summed E-state index contributed by atoms with van der Waals surface area (Å²) < 4.78 is 16.2. The first-order valence-corrected chi connectivity index (χ1v) is 7.97. The van der Waals surface area contributed by atoms with Gasteiger partial charge in [0.05, 0.1) is 38.1 Å². The highest BCUT2D eigenvalue weighted by molar-refractivity contribution is 5.96. The normalized spacial score (nSPS) is 10.3. The van der Waals surface area contributed by atoms with Crippen molar-refractivity contribution < 1.29 is 14.2 Å². The van der Waals surface area contributed by atoms with Crippen molar-refractivity contribution in [1.29, 1.82) is 5.26 Å². The molecular formula is C20H19N3O3. The summed E-state index contributed by atoms with van der Waals surface area (Å²) in [7, 11) is 4.68. The van der Waals surface area contributed by atoms with E-state index in [1.807, 2.05) is 25.1 Å². The molecule has 26 heavy (non-hydrogen) atoms. The molecule has 0 amide bonds. The van der Waals surface area contributed by atoms with Crippen LogP contribution in [0, 0.1) is 18.3 Å². The first-order valence-electron chi connectivity index (χ1n) is 7.97. The number of nitrogens with zero attached hydrogens (tertiary/aromatic N) is 2. The standard InChI is InChI=1S/C20H19N3O3/c1-12-5-6-16-15(7-12)19(13(10-21)11-22-16)23-14-8-17(24-2)20(26-4)18(9-14)25-3/h5-9,11H,1-4H3,(H,22,23). The second-order valence-corrected chi connectivity index (χ2v) is 5.72.